The van der Waals surface area contributed by atoms with E-state index in [1.54, 1.807) is 6.07 Å². The Morgan fingerprint density at radius 1 is 1.05 bits per heavy atom. The normalized spacial score (nSPS) is 18.0. The number of hydrogen-bond donors (Lipinski definition) is 3. The van der Waals surface area contributed by atoms with Crippen molar-refractivity contribution in [1.82, 2.24) is 10.3 Å². The van der Waals surface area contributed by atoms with E-state index >= 15 is 0 Å². The molecule has 2 heterocycles. The summed E-state index contributed by atoms with van der Waals surface area (Å²) in [5.41, 5.74) is 7.24. The molecule has 7 heteroatoms. The van der Waals surface area contributed by atoms with Gasteiger partial charge in [-0.2, -0.15) is 0 Å². The van der Waals surface area contributed by atoms with Crippen molar-refractivity contribution >= 4 is 34.0 Å². The molecule has 0 fully saturated rings. The van der Waals surface area contributed by atoms with Crippen molar-refractivity contribution in [2.24, 2.45) is 5.41 Å². The second kappa shape index (κ2) is 11.3. The lowest BCUT2D eigenvalue weighted by Gasteiger charge is -2.38. The molecule has 1 atom stereocenters. The minimum atomic E-state index is -0.430. The molecule has 0 bridgehead atoms. The van der Waals surface area contributed by atoms with Crippen molar-refractivity contribution in [2.75, 3.05) is 23.3 Å². The lowest BCUT2D eigenvalue weighted by Crippen LogP contribution is -2.42. The summed E-state index contributed by atoms with van der Waals surface area (Å²) in [6.45, 7) is 11.3. The summed E-state index contributed by atoms with van der Waals surface area (Å²) in [4.78, 5) is 32.9. The molecular weight excluding hydrogens is 551 g/mol. The quantitative estimate of drug-likeness (QED) is 0.216. The molecule has 0 radical (unpaired) electrons. The van der Waals surface area contributed by atoms with Crippen LogP contribution in [0.5, 0.6) is 0 Å². The number of allylic oxidation sites excluding steroid dienone is 1. The number of halogens is 1. The highest BCUT2D eigenvalue weighted by Gasteiger charge is 2.42. The molecule has 1 aliphatic carbocycles. The van der Waals surface area contributed by atoms with E-state index in [1.807, 2.05) is 30.5 Å². The van der Waals surface area contributed by atoms with Crippen molar-refractivity contribution in [3.05, 3.63) is 107 Å². The van der Waals surface area contributed by atoms with Gasteiger partial charge < -0.3 is 20.5 Å². The van der Waals surface area contributed by atoms with Crippen LogP contribution >= 0.6 is 0 Å². The topological polar surface area (TPSA) is 77.2 Å². The molecule has 0 spiro atoms. The minimum Gasteiger partial charge on any atom is -0.361 e. The predicted octanol–water partition coefficient (Wildman–Crippen LogP) is 7.58. The first-order valence-corrected chi connectivity index (χ1v) is 15.4. The number of anilines is 2. The van der Waals surface area contributed by atoms with Crippen LogP contribution in [0, 0.1) is 11.2 Å². The van der Waals surface area contributed by atoms with E-state index in [2.05, 4.69) is 79.4 Å². The second-order valence-corrected chi connectivity index (χ2v) is 14.0. The van der Waals surface area contributed by atoms with E-state index < -0.39 is 6.04 Å². The van der Waals surface area contributed by atoms with Crippen molar-refractivity contribution in [3.63, 3.8) is 0 Å². The third-order valence-corrected chi connectivity index (χ3v) is 8.86. The Hall–Kier alpha value is -4.39. The van der Waals surface area contributed by atoms with Gasteiger partial charge in [-0.05, 0) is 70.7 Å². The molecule has 1 unspecified atom stereocenters. The fraction of sp³-hybridized carbons (Fsp3) is 0.351. The maximum absolute atomic E-state index is 14.0. The number of aromatic nitrogens is 1. The van der Waals surface area contributed by atoms with Gasteiger partial charge in [-0.15, -0.1) is 0 Å². The van der Waals surface area contributed by atoms with Gasteiger partial charge in [0.25, 0.3) is 0 Å². The number of carbonyl (C=O) groups excluding carboxylic acids is 2. The molecule has 3 N–H and O–H groups in total. The van der Waals surface area contributed by atoms with Gasteiger partial charge in [-0.25, -0.2) is 4.39 Å². The van der Waals surface area contributed by atoms with E-state index in [0.717, 1.165) is 51.1 Å². The highest BCUT2D eigenvalue weighted by Crippen LogP contribution is 2.48. The van der Waals surface area contributed by atoms with Gasteiger partial charge in [-0.1, -0.05) is 71.0 Å². The fourth-order valence-corrected chi connectivity index (χ4v) is 6.64. The largest absolute Gasteiger partial charge is 0.361 e. The van der Waals surface area contributed by atoms with Gasteiger partial charge in [-0.3, -0.25) is 9.59 Å². The number of benzene rings is 3. The van der Waals surface area contributed by atoms with Crippen molar-refractivity contribution in [1.29, 1.82) is 0 Å². The number of hydrogen-bond acceptors (Lipinski definition) is 4. The number of nitrogens with one attached hydrogen (secondary N) is 3. The van der Waals surface area contributed by atoms with Crippen LogP contribution in [-0.2, 0) is 21.4 Å². The highest BCUT2D eigenvalue weighted by molar-refractivity contribution is 6.02. The SMILES string of the molecule is CC1(C)CC(=O)C2=C(C1)Nc1ccccc1N(CC(=O)NCCc1c[nH]c3ccc(F)cc13)C2c1ccc(C(C)(C)C)cc1. The second-order valence-electron chi connectivity index (χ2n) is 14.0. The van der Waals surface area contributed by atoms with Gasteiger partial charge in [0, 0.05) is 41.3 Å². The van der Waals surface area contributed by atoms with E-state index in [-0.39, 0.29) is 34.9 Å². The van der Waals surface area contributed by atoms with Gasteiger partial charge >= 0.3 is 0 Å². The van der Waals surface area contributed by atoms with Crippen molar-refractivity contribution < 1.29 is 14.0 Å². The number of Topliss-reactive ketones (excluding diaryl/α,β-unsaturated/α-hetero) is 1. The minimum absolute atomic E-state index is 0.0125. The Bertz CT molecular complexity index is 1760. The van der Waals surface area contributed by atoms with Gasteiger partial charge in [0.15, 0.2) is 5.78 Å². The Kier molecular flexibility index (Phi) is 7.60. The van der Waals surface area contributed by atoms with Gasteiger partial charge in [0.2, 0.25) is 5.91 Å². The van der Waals surface area contributed by atoms with E-state index in [1.165, 1.54) is 17.7 Å². The van der Waals surface area contributed by atoms with Crippen LogP contribution in [0.3, 0.4) is 0 Å². The molecule has 0 saturated heterocycles. The number of aromatic amines is 1. The first kappa shape index (κ1) is 29.7. The molecule has 1 aromatic heterocycles. The highest BCUT2D eigenvalue weighted by atomic mass is 19.1. The molecule has 6 rings (SSSR count). The summed E-state index contributed by atoms with van der Waals surface area (Å²) in [6, 6.07) is 20.7. The monoisotopic (exact) mass is 592 g/mol. The smallest absolute Gasteiger partial charge is 0.239 e. The summed E-state index contributed by atoms with van der Waals surface area (Å²) in [5, 5.41) is 7.53. The zero-order valence-corrected chi connectivity index (χ0v) is 26.2. The molecular formula is C37H41FN4O2. The summed E-state index contributed by atoms with van der Waals surface area (Å²) >= 11 is 0. The first-order valence-electron chi connectivity index (χ1n) is 15.4. The standard InChI is InChI=1S/C37H41FN4O2/c1-36(2,3)25-12-10-23(11-13-25)35-34-30(19-37(4,5)20-32(34)43)41-29-8-6-7-9-31(29)42(35)22-33(44)39-17-16-24-21-40-28-15-14-26(38)18-27(24)28/h6-15,18,21,35,40-41H,16-17,19-20,22H2,1-5H3,(H,39,44). The number of carbonyl (C=O) groups is 2. The maximum atomic E-state index is 14.0. The molecule has 6 nitrogen and oxygen atoms in total. The third-order valence-electron chi connectivity index (χ3n) is 8.86. The van der Waals surface area contributed by atoms with Gasteiger partial charge in [0.05, 0.1) is 24.0 Å². The molecule has 1 aliphatic heterocycles. The number of ketones is 1. The average molecular weight is 593 g/mol. The Labute approximate surface area is 258 Å². The van der Waals surface area contributed by atoms with Crippen LogP contribution in [0.4, 0.5) is 15.8 Å². The van der Waals surface area contributed by atoms with Crippen LogP contribution in [0.2, 0.25) is 0 Å². The lowest BCUT2D eigenvalue weighted by atomic mass is 9.73. The summed E-state index contributed by atoms with van der Waals surface area (Å²) in [7, 11) is 0. The molecule has 4 aromatic rings. The summed E-state index contributed by atoms with van der Waals surface area (Å²) in [6.07, 6.45) is 3.62. The van der Waals surface area contributed by atoms with E-state index in [0.29, 0.717) is 19.4 Å². The Balaban J connectivity index is 1.34. The van der Waals surface area contributed by atoms with Crippen molar-refractivity contribution in [3.8, 4) is 0 Å². The zero-order valence-electron chi connectivity index (χ0n) is 26.2. The first-order chi connectivity index (χ1) is 20.9. The number of amides is 1. The van der Waals surface area contributed by atoms with Crippen molar-refractivity contribution in [2.45, 2.75) is 65.3 Å². The molecule has 228 valence electrons. The van der Waals surface area contributed by atoms with Crippen LogP contribution in [0.1, 0.15) is 70.2 Å². The summed E-state index contributed by atoms with van der Waals surface area (Å²) < 4.78 is 13.9. The molecule has 3 aromatic carbocycles. The van der Waals surface area contributed by atoms with Crippen LogP contribution < -0.4 is 15.5 Å². The zero-order chi connectivity index (χ0) is 31.2. The van der Waals surface area contributed by atoms with Gasteiger partial charge in [0.1, 0.15) is 5.82 Å². The fourth-order valence-electron chi connectivity index (χ4n) is 6.64. The third kappa shape index (κ3) is 5.88. The van der Waals surface area contributed by atoms with Crippen LogP contribution in [0.15, 0.2) is 84.2 Å². The number of H-pyrrole nitrogens is 1. The maximum Gasteiger partial charge on any atom is 0.239 e. The van der Waals surface area contributed by atoms with Crippen LogP contribution in [-0.4, -0.2) is 29.8 Å². The predicted molar refractivity (Wildman–Crippen MR) is 175 cm³/mol. The van der Waals surface area contributed by atoms with E-state index in [9.17, 15) is 14.0 Å². The Morgan fingerprint density at radius 2 is 1.80 bits per heavy atom. The lowest BCUT2D eigenvalue weighted by molar-refractivity contribution is -0.120. The molecule has 2 aliphatic rings. The molecule has 0 saturated carbocycles. The Morgan fingerprint density at radius 3 is 2.55 bits per heavy atom. The molecule has 44 heavy (non-hydrogen) atoms. The van der Waals surface area contributed by atoms with E-state index in [4.69, 9.17) is 0 Å². The average Bonchev–Trinajstić information content (AvgIpc) is 3.29. The number of rotatable bonds is 6. The summed E-state index contributed by atoms with van der Waals surface area (Å²) in [5.74, 6) is -0.320. The number of nitrogens with zero attached hydrogens (tertiary/aromatic N) is 1. The van der Waals surface area contributed by atoms with Crippen LogP contribution in [0.25, 0.3) is 10.9 Å². The number of fused-ring (bicyclic) bond motifs is 2. The number of para-hydroxylation sites is 2. The molecule has 1 amide bonds.